The van der Waals surface area contributed by atoms with E-state index in [2.05, 4.69) is 23.5 Å². The van der Waals surface area contributed by atoms with Crippen molar-refractivity contribution in [3.8, 4) is 0 Å². The van der Waals surface area contributed by atoms with Crippen molar-refractivity contribution in [2.24, 2.45) is 0 Å². The molecule has 2 unspecified atom stereocenters. The highest BCUT2D eigenvalue weighted by Crippen LogP contribution is 2.29. The first-order chi connectivity index (χ1) is 8.08. The van der Waals surface area contributed by atoms with Gasteiger partial charge in [-0.2, -0.15) is 0 Å². The van der Waals surface area contributed by atoms with Crippen LogP contribution in [0.3, 0.4) is 0 Å². The van der Waals surface area contributed by atoms with Crippen LogP contribution in [0.25, 0.3) is 10.1 Å². The fourth-order valence-electron chi connectivity index (χ4n) is 1.74. The van der Waals surface area contributed by atoms with E-state index in [9.17, 15) is 4.79 Å². The Kier molecular flexibility index (Phi) is 3.45. The summed E-state index contributed by atoms with van der Waals surface area (Å²) in [6.07, 6.45) is 0. The zero-order valence-corrected chi connectivity index (χ0v) is 10.6. The molecule has 2 rings (SSSR count). The molecule has 0 fully saturated rings. The number of hydrogen-bond acceptors (Lipinski definition) is 3. The molecule has 0 saturated carbocycles. The first-order valence-corrected chi connectivity index (χ1v) is 6.37. The van der Waals surface area contributed by atoms with Crippen LogP contribution in [0.1, 0.15) is 24.8 Å². The predicted molar refractivity (Wildman–Crippen MR) is 70.5 cm³/mol. The normalized spacial score (nSPS) is 14.7. The highest BCUT2D eigenvalue weighted by atomic mass is 32.1. The van der Waals surface area contributed by atoms with Gasteiger partial charge in [0.15, 0.2) is 0 Å². The molecular weight excluding hydrogens is 234 g/mol. The van der Waals surface area contributed by atoms with Crippen LogP contribution in [0.15, 0.2) is 30.3 Å². The van der Waals surface area contributed by atoms with Gasteiger partial charge in [0.2, 0.25) is 0 Å². The van der Waals surface area contributed by atoms with Gasteiger partial charge >= 0.3 is 5.97 Å². The average molecular weight is 249 g/mol. The van der Waals surface area contributed by atoms with Crippen LogP contribution in [-0.4, -0.2) is 17.1 Å². The summed E-state index contributed by atoms with van der Waals surface area (Å²) in [5.41, 5.74) is 0. The zero-order chi connectivity index (χ0) is 12.4. The van der Waals surface area contributed by atoms with Crippen LogP contribution in [-0.2, 0) is 4.79 Å². The van der Waals surface area contributed by atoms with E-state index in [4.69, 9.17) is 5.11 Å². The molecule has 90 valence electrons. The molecular formula is C13H15NO2S. The van der Waals surface area contributed by atoms with Gasteiger partial charge in [-0.3, -0.25) is 10.1 Å². The highest BCUT2D eigenvalue weighted by Gasteiger charge is 2.16. The standard InChI is InChI=1S/C13H15NO2S/c1-8(14-9(2)13(15)16)12-7-10-5-3-4-6-11(10)17-12/h3-9,14H,1-2H3,(H,15,16). The molecule has 0 bridgehead atoms. The van der Waals surface area contributed by atoms with E-state index >= 15 is 0 Å². The Morgan fingerprint density at radius 1 is 1.35 bits per heavy atom. The van der Waals surface area contributed by atoms with Gasteiger partial charge in [0.1, 0.15) is 6.04 Å². The van der Waals surface area contributed by atoms with Crippen LogP contribution in [0.4, 0.5) is 0 Å². The van der Waals surface area contributed by atoms with Crippen LogP contribution in [0, 0.1) is 0 Å². The van der Waals surface area contributed by atoms with Gasteiger partial charge in [-0.1, -0.05) is 18.2 Å². The van der Waals surface area contributed by atoms with Crippen LogP contribution in [0.5, 0.6) is 0 Å². The van der Waals surface area contributed by atoms with E-state index in [1.807, 2.05) is 19.1 Å². The smallest absolute Gasteiger partial charge is 0.320 e. The summed E-state index contributed by atoms with van der Waals surface area (Å²) in [6, 6.07) is 9.82. The first-order valence-electron chi connectivity index (χ1n) is 5.55. The van der Waals surface area contributed by atoms with Crippen molar-refractivity contribution in [3.63, 3.8) is 0 Å². The molecule has 2 atom stereocenters. The number of carbonyl (C=O) groups is 1. The van der Waals surface area contributed by atoms with Crippen molar-refractivity contribution in [1.82, 2.24) is 5.32 Å². The Balaban J connectivity index is 2.19. The fourth-order valence-corrected chi connectivity index (χ4v) is 2.82. The third-order valence-electron chi connectivity index (χ3n) is 2.74. The van der Waals surface area contributed by atoms with Crippen molar-refractivity contribution in [3.05, 3.63) is 35.2 Å². The Morgan fingerprint density at radius 2 is 2.06 bits per heavy atom. The summed E-state index contributed by atoms with van der Waals surface area (Å²) in [5, 5.41) is 13.1. The lowest BCUT2D eigenvalue weighted by Gasteiger charge is -2.15. The second-order valence-electron chi connectivity index (χ2n) is 4.13. The second kappa shape index (κ2) is 4.85. The molecule has 0 saturated heterocycles. The van der Waals surface area contributed by atoms with Gasteiger partial charge < -0.3 is 5.11 Å². The molecule has 1 aromatic carbocycles. The predicted octanol–water partition coefficient (Wildman–Crippen LogP) is 3.03. The molecule has 2 N–H and O–H groups in total. The Bertz CT molecular complexity index is 502. The summed E-state index contributed by atoms with van der Waals surface area (Å²) >= 11 is 1.70. The van der Waals surface area contributed by atoms with Crippen LogP contribution >= 0.6 is 11.3 Å². The van der Waals surface area contributed by atoms with E-state index in [1.54, 1.807) is 18.3 Å². The minimum Gasteiger partial charge on any atom is -0.480 e. The molecule has 0 amide bonds. The number of fused-ring (bicyclic) bond motifs is 1. The third-order valence-corrected chi connectivity index (χ3v) is 4.04. The Hall–Kier alpha value is -1.39. The third kappa shape index (κ3) is 2.65. The average Bonchev–Trinajstić information content (AvgIpc) is 2.72. The molecule has 4 heteroatoms. The lowest BCUT2D eigenvalue weighted by atomic mass is 10.2. The summed E-state index contributed by atoms with van der Waals surface area (Å²) in [4.78, 5) is 11.9. The molecule has 0 aliphatic carbocycles. The van der Waals surface area contributed by atoms with Crippen LogP contribution < -0.4 is 5.32 Å². The number of carboxylic acids is 1. The number of benzene rings is 1. The monoisotopic (exact) mass is 249 g/mol. The summed E-state index contributed by atoms with van der Waals surface area (Å²) in [6.45, 7) is 3.65. The summed E-state index contributed by atoms with van der Waals surface area (Å²) in [5.74, 6) is -0.821. The molecule has 0 radical (unpaired) electrons. The maximum atomic E-state index is 10.8. The maximum absolute atomic E-state index is 10.8. The van der Waals surface area contributed by atoms with Gasteiger partial charge in [0, 0.05) is 15.6 Å². The lowest BCUT2D eigenvalue weighted by Crippen LogP contribution is -2.35. The van der Waals surface area contributed by atoms with Gasteiger partial charge in [-0.15, -0.1) is 11.3 Å². The topological polar surface area (TPSA) is 49.3 Å². The number of hydrogen-bond donors (Lipinski definition) is 2. The minimum atomic E-state index is -0.821. The number of rotatable bonds is 4. The summed E-state index contributed by atoms with van der Waals surface area (Å²) in [7, 11) is 0. The molecule has 0 aliphatic rings. The van der Waals surface area contributed by atoms with Crippen molar-refractivity contribution in [1.29, 1.82) is 0 Å². The van der Waals surface area contributed by atoms with Gasteiger partial charge in [0.25, 0.3) is 0 Å². The maximum Gasteiger partial charge on any atom is 0.320 e. The largest absolute Gasteiger partial charge is 0.480 e. The number of carboxylic acid groups (broad SMARTS) is 1. The fraction of sp³-hybridized carbons (Fsp3) is 0.308. The van der Waals surface area contributed by atoms with Crippen LogP contribution in [0.2, 0.25) is 0 Å². The number of nitrogens with one attached hydrogen (secondary N) is 1. The quantitative estimate of drug-likeness (QED) is 0.875. The molecule has 17 heavy (non-hydrogen) atoms. The van der Waals surface area contributed by atoms with Crippen molar-refractivity contribution in [2.45, 2.75) is 25.9 Å². The first kappa shape index (κ1) is 12.1. The molecule has 0 aliphatic heterocycles. The van der Waals surface area contributed by atoms with Gasteiger partial charge in [-0.05, 0) is 31.4 Å². The molecule has 0 spiro atoms. The van der Waals surface area contributed by atoms with E-state index in [-0.39, 0.29) is 6.04 Å². The van der Waals surface area contributed by atoms with E-state index in [0.29, 0.717) is 0 Å². The van der Waals surface area contributed by atoms with Gasteiger partial charge in [0.05, 0.1) is 0 Å². The van der Waals surface area contributed by atoms with E-state index < -0.39 is 12.0 Å². The second-order valence-corrected chi connectivity index (χ2v) is 5.25. The Labute approximate surface area is 104 Å². The zero-order valence-electron chi connectivity index (χ0n) is 9.81. The number of thiophene rings is 1. The molecule has 3 nitrogen and oxygen atoms in total. The molecule has 1 heterocycles. The van der Waals surface area contributed by atoms with Gasteiger partial charge in [-0.25, -0.2) is 0 Å². The minimum absolute atomic E-state index is 0.0542. The van der Waals surface area contributed by atoms with Crippen molar-refractivity contribution in [2.75, 3.05) is 0 Å². The number of aliphatic carboxylic acids is 1. The SMILES string of the molecule is CC(NC(C)c1cc2ccccc2s1)C(=O)O. The van der Waals surface area contributed by atoms with E-state index in [1.165, 1.54) is 15.0 Å². The van der Waals surface area contributed by atoms with Crippen molar-refractivity contribution >= 4 is 27.4 Å². The van der Waals surface area contributed by atoms with E-state index in [0.717, 1.165) is 0 Å². The molecule has 1 aromatic heterocycles. The lowest BCUT2D eigenvalue weighted by molar-refractivity contribution is -0.139. The van der Waals surface area contributed by atoms with Crippen molar-refractivity contribution < 1.29 is 9.90 Å². The molecule has 2 aromatic rings. The Morgan fingerprint density at radius 3 is 2.71 bits per heavy atom. The summed E-state index contributed by atoms with van der Waals surface area (Å²) < 4.78 is 1.24. The highest BCUT2D eigenvalue weighted by molar-refractivity contribution is 7.19.